The highest BCUT2D eigenvalue weighted by atomic mass is 127. The van der Waals surface area contributed by atoms with Gasteiger partial charge < -0.3 is 20.3 Å². The first-order valence-electron chi connectivity index (χ1n) is 9.69. The molecule has 156 valence electrons. The third kappa shape index (κ3) is 5.73. The molecule has 6 nitrogen and oxygen atoms in total. The number of aliphatic imine (C=N–C) groups is 1. The minimum absolute atomic E-state index is 0. The van der Waals surface area contributed by atoms with Crippen LogP contribution in [-0.4, -0.2) is 56.2 Å². The Balaban J connectivity index is 0.00000280. The SMILES string of the molecule is CCNC(=NCCC(=O)Nc1cccc(Cl)c1C)N1CCC2(CCOC2)C1.I. The largest absolute Gasteiger partial charge is 0.381 e. The van der Waals surface area contributed by atoms with Gasteiger partial charge in [0.1, 0.15) is 0 Å². The van der Waals surface area contributed by atoms with Gasteiger partial charge in [-0.2, -0.15) is 0 Å². The molecule has 2 aliphatic rings. The minimum atomic E-state index is -0.0537. The number of benzene rings is 1. The van der Waals surface area contributed by atoms with E-state index in [1.807, 2.05) is 25.1 Å². The highest BCUT2D eigenvalue weighted by Crippen LogP contribution is 2.38. The summed E-state index contributed by atoms with van der Waals surface area (Å²) in [7, 11) is 0. The van der Waals surface area contributed by atoms with Crippen LogP contribution >= 0.6 is 35.6 Å². The summed E-state index contributed by atoms with van der Waals surface area (Å²) in [5, 5.41) is 6.93. The van der Waals surface area contributed by atoms with E-state index in [-0.39, 0.29) is 35.3 Å². The van der Waals surface area contributed by atoms with Crippen LogP contribution in [0.25, 0.3) is 0 Å². The molecule has 1 spiro atoms. The molecule has 0 aliphatic carbocycles. The zero-order chi connectivity index (χ0) is 19.3. The van der Waals surface area contributed by atoms with Crippen molar-refractivity contribution in [2.45, 2.75) is 33.1 Å². The lowest BCUT2D eigenvalue weighted by molar-refractivity contribution is -0.116. The number of likely N-dealkylation sites (tertiary alicyclic amines) is 1. The van der Waals surface area contributed by atoms with Crippen LogP contribution in [0.1, 0.15) is 31.7 Å². The molecule has 2 aliphatic heterocycles. The molecule has 3 rings (SSSR count). The summed E-state index contributed by atoms with van der Waals surface area (Å²) in [4.78, 5) is 19.2. The summed E-state index contributed by atoms with van der Waals surface area (Å²) < 4.78 is 5.61. The summed E-state index contributed by atoms with van der Waals surface area (Å²) in [6, 6.07) is 5.51. The van der Waals surface area contributed by atoms with Crippen molar-refractivity contribution in [2.75, 3.05) is 44.7 Å². The van der Waals surface area contributed by atoms with E-state index in [1.54, 1.807) is 0 Å². The van der Waals surface area contributed by atoms with Crippen LogP contribution in [0.4, 0.5) is 5.69 Å². The molecule has 0 bridgehead atoms. The molecule has 1 atom stereocenters. The molecule has 2 fully saturated rings. The van der Waals surface area contributed by atoms with E-state index in [0.29, 0.717) is 18.0 Å². The second-order valence-electron chi connectivity index (χ2n) is 7.42. The standard InChI is InChI=1S/C20H29ClN4O2.HI/c1-3-22-19(25-11-8-20(13-25)9-12-27-14-20)23-10-7-18(26)24-17-6-4-5-16(21)15(17)2;/h4-6H,3,7-14H2,1-2H3,(H,22,23)(H,24,26);1H. The number of nitrogens with zero attached hydrogens (tertiary/aromatic N) is 2. The molecule has 28 heavy (non-hydrogen) atoms. The number of carbonyl (C=O) groups is 1. The van der Waals surface area contributed by atoms with Crippen LogP contribution in [-0.2, 0) is 9.53 Å². The van der Waals surface area contributed by atoms with E-state index in [4.69, 9.17) is 16.3 Å². The summed E-state index contributed by atoms with van der Waals surface area (Å²) in [5.74, 6) is 0.843. The summed E-state index contributed by atoms with van der Waals surface area (Å²) in [6.07, 6.45) is 2.61. The van der Waals surface area contributed by atoms with E-state index in [0.717, 1.165) is 62.9 Å². The molecule has 2 N–H and O–H groups in total. The second kappa shape index (κ2) is 10.6. The quantitative estimate of drug-likeness (QED) is 0.353. The molecule has 8 heteroatoms. The Kier molecular flexibility index (Phi) is 8.82. The number of hydrogen-bond acceptors (Lipinski definition) is 3. The van der Waals surface area contributed by atoms with Crippen LogP contribution in [0.2, 0.25) is 5.02 Å². The predicted octanol–water partition coefficient (Wildman–Crippen LogP) is 3.67. The van der Waals surface area contributed by atoms with E-state index in [1.165, 1.54) is 0 Å². The van der Waals surface area contributed by atoms with Crippen molar-refractivity contribution >= 4 is 53.1 Å². The van der Waals surface area contributed by atoms with Crippen molar-refractivity contribution in [3.63, 3.8) is 0 Å². The van der Waals surface area contributed by atoms with E-state index < -0.39 is 0 Å². The minimum Gasteiger partial charge on any atom is -0.381 e. The van der Waals surface area contributed by atoms with Crippen molar-refractivity contribution in [2.24, 2.45) is 10.4 Å². The summed E-state index contributed by atoms with van der Waals surface area (Å²) in [6.45, 7) is 8.91. The number of rotatable bonds is 5. The van der Waals surface area contributed by atoms with Crippen molar-refractivity contribution < 1.29 is 9.53 Å². The number of hydrogen-bond donors (Lipinski definition) is 2. The summed E-state index contributed by atoms with van der Waals surface area (Å²) >= 11 is 6.11. The van der Waals surface area contributed by atoms with Gasteiger partial charge in [-0.05, 0) is 44.4 Å². The Morgan fingerprint density at radius 3 is 2.93 bits per heavy atom. The molecule has 2 heterocycles. The van der Waals surface area contributed by atoms with E-state index in [2.05, 4.69) is 27.4 Å². The molecule has 0 saturated carbocycles. The Morgan fingerprint density at radius 1 is 1.39 bits per heavy atom. The first-order valence-corrected chi connectivity index (χ1v) is 10.1. The van der Waals surface area contributed by atoms with Gasteiger partial charge in [0.25, 0.3) is 0 Å². The molecule has 1 unspecified atom stereocenters. The van der Waals surface area contributed by atoms with Gasteiger partial charge in [-0.25, -0.2) is 0 Å². The van der Waals surface area contributed by atoms with Crippen molar-refractivity contribution in [1.29, 1.82) is 0 Å². The molecule has 0 aromatic heterocycles. The first-order chi connectivity index (χ1) is 13.0. The molecule has 1 aromatic rings. The van der Waals surface area contributed by atoms with Gasteiger partial charge >= 0.3 is 0 Å². The fourth-order valence-electron chi connectivity index (χ4n) is 3.73. The Hall–Kier alpha value is -1.06. The Morgan fingerprint density at radius 2 is 2.21 bits per heavy atom. The van der Waals surface area contributed by atoms with Gasteiger partial charge in [-0.1, -0.05) is 17.7 Å². The Bertz CT molecular complexity index is 707. The van der Waals surface area contributed by atoms with Crippen LogP contribution in [0.15, 0.2) is 23.2 Å². The smallest absolute Gasteiger partial charge is 0.226 e. The highest BCUT2D eigenvalue weighted by Gasteiger charge is 2.42. The Labute approximate surface area is 189 Å². The lowest BCUT2D eigenvalue weighted by Crippen LogP contribution is -2.41. The van der Waals surface area contributed by atoms with Gasteiger partial charge in [0.15, 0.2) is 5.96 Å². The number of halogens is 2. The van der Waals surface area contributed by atoms with Crippen molar-refractivity contribution in [3.05, 3.63) is 28.8 Å². The molecule has 0 radical (unpaired) electrons. The number of anilines is 1. The number of carbonyl (C=O) groups excluding carboxylic acids is 1. The number of guanidine groups is 1. The third-order valence-corrected chi connectivity index (χ3v) is 5.81. The van der Waals surface area contributed by atoms with Crippen LogP contribution in [0.3, 0.4) is 0 Å². The van der Waals surface area contributed by atoms with E-state index >= 15 is 0 Å². The lowest BCUT2D eigenvalue weighted by Gasteiger charge is -2.25. The van der Waals surface area contributed by atoms with Crippen LogP contribution in [0.5, 0.6) is 0 Å². The monoisotopic (exact) mass is 520 g/mol. The van der Waals surface area contributed by atoms with Gasteiger partial charge in [-0.15, -0.1) is 24.0 Å². The first kappa shape index (κ1) is 23.2. The van der Waals surface area contributed by atoms with Crippen LogP contribution in [0, 0.1) is 12.3 Å². The predicted molar refractivity (Wildman–Crippen MR) is 125 cm³/mol. The number of amides is 1. The normalized spacial score (nSPS) is 21.7. The maximum atomic E-state index is 12.3. The highest BCUT2D eigenvalue weighted by molar-refractivity contribution is 14.0. The van der Waals surface area contributed by atoms with Crippen LogP contribution < -0.4 is 10.6 Å². The average Bonchev–Trinajstić information content (AvgIpc) is 3.28. The third-order valence-electron chi connectivity index (χ3n) is 5.40. The number of nitrogens with one attached hydrogen (secondary N) is 2. The lowest BCUT2D eigenvalue weighted by atomic mass is 9.87. The fourth-order valence-corrected chi connectivity index (χ4v) is 3.91. The summed E-state index contributed by atoms with van der Waals surface area (Å²) in [5.41, 5.74) is 1.93. The second-order valence-corrected chi connectivity index (χ2v) is 7.83. The molecule has 1 amide bonds. The molecular formula is C20H30ClIN4O2. The topological polar surface area (TPSA) is 66.0 Å². The maximum Gasteiger partial charge on any atom is 0.226 e. The fraction of sp³-hybridized carbons (Fsp3) is 0.600. The molecule has 2 saturated heterocycles. The number of ether oxygens (including phenoxy) is 1. The zero-order valence-corrected chi connectivity index (χ0v) is 19.7. The van der Waals surface area contributed by atoms with Gasteiger partial charge in [0.05, 0.1) is 13.2 Å². The molecule has 1 aromatic carbocycles. The maximum absolute atomic E-state index is 12.3. The van der Waals surface area contributed by atoms with Gasteiger partial charge in [-0.3, -0.25) is 9.79 Å². The molecular weight excluding hydrogens is 491 g/mol. The van der Waals surface area contributed by atoms with E-state index in [9.17, 15) is 4.79 Å². The van der Waals surface area contributed by atoms with Crippen molar-refractivity contribution in [1.82, 2.24) is 10.2 Å². The van der Waals surface area contributed by atoms with Gasteiger partial charge in [0.2, 0.25) is 5.91 Å². The van der Waals surface area contributed by atoms with Gasteiger partial charge in [0, 0.05) is 48.8 Å². The zero-order valence-electron chi connectivity index (χ0n) is 16.6. The average molecular weight is 521 g/mol. The van der Waals surface area contributed by atoms with Crippen molar-refractivity contribution in [3.8, 4) is 0 Å².